The molecule has 0 fully saturated rings. The largest absolute Gasteiger partial charge is 0.319 e. The standard InChI is InChI=1S/C17H23N3/c1-13(2)12-14-4-6-15(7-5-14)16-8-11-19-17(20-16)9-10-18-3/h4-8,11,13,18H,9-10,12H2,1-3H3. The zero-order valence-corrected chi connectivity index (χ0v) is 12.6. The lowest BCUT2D eigenvalue weighted by Crippen LogP contribution is -2.12. The van der Waals surface area contributed by atoms with Gasteiger partial charge in [0.25, 0.3) is 0 Å². The van der Waals surface area contributed by atoms with Crippen LogP contribution in [0.1, 0.15) is 25.2 Å². The SMILES string of the molecule is CNCCc1nccc(-c2ccc(CC(C)C)cc2)n1. The lowest BCUT2D eigenvalue weighted by atomic mass is 10.0. The highest BCUT2D eigenvalue weighted by Gasteiger charge is 2.03. The summed E-state index contributed by atoms with van der Waals surface area (Å²) in [4.78, 5) is 8.93. The third kappa shape index (κ3) is 4.14. The van der Waals surface area contributed by atoms with Crippen LogP contribution in [-0.2, 0) is 12.8 Å². The van der Waals surface area contributed by atoms with Gasteiger partial charge in [-0.3, -0.25) is 0 Å². The molecule has 106 valence electrons. The normalized spacial score (nSPS) is 11.0. The molecule has 3 nitrogen and oxygen atoms in total. The molecule has 0 saturated heterocycles. The summed E-state index contributed by atoms with van der Waals surface area (Å²) in [6, 6.07) is 10.7. The molecule has 0 saturated carbocycles. The Balaban J connectivity index is 2.14. The van der Waals surface area contributed by atoms with Crippen molar-refractivity contribution in [2.24, 2.45) is 5.92 Å². The zero-order valence-electron chi connectivity index (χ0n) is 12.6. The minimum absolute atomic E-state index is 0.688. The molecule has 0 spiro atoms. The second kappa shape index (κ2) is 7.15. The Bertz CT molecular complexity index is 532. The van der Waals surface area contributed by atoms with Crippen LogP contribution in [0.2, 0.25) is 0 Å². The van der Waals surface area contributed by atoms with Crippen LogP contribution >= 0.6 is 0 Å². The fourth-order valence-corrected chi connectivity index (χ4v) is 2.20. The van der Waals surface area contributed by atoms with Crippen molar-refractivity contribution >= 4 is 0 Å². The van der Waals surface area contributed by atoms with Crippen molar-refractivity contribution in [1.82, 2.24) is 15.3 Å². The molecule has 1 N–H and O–H groups in total. The predicted molar refractivity (Wildman–Crippen MR) is 83.6 cm³/mol. The Hall–Kier alpha value is -1.74. The van der Waals surface area contributed by atoms with Gasteiger partial charge in [-0.15, -0.1) is 0 Å². The van der Waals surface area contributed by atoms with Crippen molar-refractivity contribution in [3.63, 3.8) is 0 Å². The lowest BCUT2D eigenvalue weighted by molar-refractivity contribution is 0.647. The van der Waals surface area contributed by atoms with E-state index in [4.69, 9.17) is 0 Å². The Kier molecular flexibility index (Phi) is 5.24. The van der Waals surface area contributed by atoms with E-state index in [1.165, 1.54) is 5.56 Å². The van der Waals surface area contributed by atoms with Gasteiger partial charge in [-0.25, -0.2) is 9.97 Å². The minimum Gasteiger partial charge on any atom is -0.319 e. The van der Waals surface area contributed by atoms with Crippen LogP contribution in [0.4, 0.5) is 0 Å². The van der Waals surface area contributed by atoms with Crippen molar-refractivity contribution in [1.29, 1.82) is 0 Å². The molecule has 0 amide bonds. The van der Waals surface area contributed by atoms with Gasteiger partial charge >= 0.3 is 0 Å². The van der Waals surface area contributed by atoms with Gasteiger partial charge < -0.3 is 5.32 Å². The highest BCUT2D eigenvalue weighted by Crippen LogP contribution is 2.18. The maximum atomic E-state index is 4.62. The molecule has 2 aromatic rings. The van der Waals surface area contributed by atoms with E-state index in [9.17, 15) is 0 Å². The Morgan fingerprint density at radius 2 is 1.85 bits per heavy atom. The minimum atomic E-state index is 0.688. The number of rotatable bonds is 6. The number of likely N-dealkylation sites (N-methyl/N-ethyl adjacent to an activating group) is 1. The fraction of sp³-hybridized carbons (Fsp3) is 0.412. The molecule has 0 bridgehead atoms. The highest BCUT2D eigenvalue weighted by molar-refractivity contribution is 5.59. The van der Waals surface area contributed by atoms with Crippen molar-refractivity contribution in [2.75, 3.05) is 13.6 Å². The van der Waals surface area contributed by atoms with Gasteiger partial charge in [0, 0.05) is 24.7 Å². The van der Waals surface area contributed by atoms with Gasteiger partial charge in [-0.05, 0) is 31.0 Å². The number of hydrogen-bond donors (Lipinski definition) is 1. The van der Waals surface area contributed by atoms with Crippen LogP contribution in [0.25, 0.3) is 11.3 Å². The topological polar surface area (TPSA) is 37.8 Å². The first-order valence-electron chi connectivity index (χ1n) is 7.25. The second-order valence-electron chi connectivity index (χ2n) is 5.51. The third-order valence-corrected chi connectivity index (χ3v) is 3.20. The highest BCUT2D eigenvalue weighted by atomic mass is 14.9. The Morgan fingerprint density at radius 1 is 1.10 bits per heavy atom. The number of aromatic nitrogens is 2. The summed E-state index contributed by atoms with van der Waals surface area (Å²) < 4.78 is 0. The van der Waals surface area contributed by atoms with Crippen molar-refractivity contribution in [3.05, 3.63) is 47.9 Å². The molecular weight excluding hydrogens is 246 g/mol. The average Bonchev–Trinajstić information content (AvgIpc) is 2.45. The Labute approximate surface area is 121 Å². The number of nitrogens with one attached hydrogen (secondary N) is 1. The maximum absolute atomic E-state index is 4.62. The molecule has 0 aliphatic heterocycles. The van der Waals surface area contributed by atoms with Crippen LogP contribution in [0.15, 0.2) is 36.5 Å². The van der Waals surface area contributed by atoms with Crippen LogP contribution in [-0.4, -0.2) is 23.6 Å². The van der Waals surface area contributed by atoms with E-state index in [1.54, 1.807) is 0 Å². The van der Waals surface area contributed by atoms with Crippen molar-refractivity contribution < 1.29 is 0 Å². The smallest absolute Gasteiger partial charge is 0.130 e. The number of nitrogens with zero attached hydrogens (tertiary/aromatic N) is 2. The molecule has 3 heteroatoms. The molecule has 0 aliphatic carbocycles. The summed E-state index contributed by atoms with van der Waals surface area (Å²) in [5.41, 5.74) is 3.54. The fourth-order valence-electron chi connectivity index (χ4n) is 2.20. The molecule has 0 radical (unpaired) electrons. The molecule has 0 unspecified atom stereocenters. The first-order valence-corrected chi connectivity index (χ1v) is 7.25. The van der Waals surface area contributed by atoms with Gasteiger partial charge in [0.2, 0.25) is 0 Å². The van der Waals surface area contributed by atoms with Crippen LogP contribution in [0, 0.1) is 5.92 Å². The first-order chi connectivity index (χ1) is 9.69. The molecule has 20 heavy (non-hydrogen) atoms. The van der Waals surface area contributed by atoms with Crippen LogP contribution in [0.5, 0.6) is 0 Å². The second-order valence-corrected chi connectivity index (χ2v) is 5.51. The van der Waals surface area contributed by atoms with E-state index >= 15 is 0 Å². The van der Waals surface area contributed by atoms with Crippen molar-refractivity contribution in [2.45, 2.75) is 26.7 Å². The van der Waals surface area contributed by atoms with E-state index in [-0.39, 0.29) is 0 Å². The number of hydrogen-bond acceptors (Lipinski definition) is 3. The first kappa shape index (κ1) is 14.7. The molecule has 1 aromatic carbocycles. The van der Waals surface area contributed by atoms with Crippen LogP contribution in [0.3, 0.4) is 0 Å². The molecule has 1 heterocycles. The molecule has 0 aliphatic rings. The average molecular weight is 269 g/mol. The number of benzene rings is 1. The summed E-state index contributed by atoms with van der Waals surface area (Å²) in [5.74, 6) is 1.58. The molecule has 1 aromatic heterocycles. The lowest BCUT2D eigenvalue weighted by Gasteiger charge is -2.07. The quantitative estimate of drug-likeness (QED) is 0.875. The van der Waals surface area contributed by atoms with Crippen LogP contribution < -0.4 is 5.32 Å². The van der Waals surface area contributed by atoms with Crippen molar-refractivity contribution in [3.8, 4) is 11.3 Å². The van der Waals surface area contributed by atoms with E-state index in [1.807, 2.05) is 19.3 Å². The molecular formula is C17H23N3. The third-order valence-electron chi connectivity index (χ3n) is 3.20. The van der Waals surface area contributed by atoms with Gasteiger partial charge in [-0.1, -0.05) is 38.1 Å². The van der Waals surface area contributed by atoms with Gasteiger partial charge in [0.1, 0.15) is 5.82 Å². The summed E-state index contributed by atoms with van der Waals surface area (Å²) in [5, 5.41) is 3.12. The van der Waals surface area contributed by atoms with Gasteiger partial charge in [-0.2, -0.15) is 0 Å². The maximum Gasteiger partial charge on any atom is 0.130 e. The Morgan fingerprint density at radius 3 is 2.50 bits per heavy atom. The van der Waals surface area contributed by atoms with E-state index in [2.05, 4.69) is 53.4 Å². The van der Waals surface area contributed by atoms with E-state index in [0.717, 1.165) is 36.5 Å². The summed E-state index contributed by atoms with van der Waals surface area (Å²) >= 11 is 0. The zero-order chi connectivity index (χ0) is 14.4. The van der Waals surface area contributed by atoms with Gasteiger partial charge in [0.15, 0.2) is 0 Å². The monoisotopic (exact) mass is 269 g/mol. The molecule has 2 rings (SSSR count). The van der Waals surface area contributed by atoms with E-state index < -0.39 is 0 Å². The summed E-state index contributed by atoms with van der Waals surface area (Å²) in [6.07, 6.45) is 3.82. The van der Waals surface area contributed by atoms with Gasteiger partial charge in [0.05, 0.1) is 5.69 Å². The predicted octanol–water partition coefficient (Wildman–Crippen LogP) is 3.10. The summed E-state index contributed by atoms with van der Waals surface area (Å²) in [7, 11) is 1.94. The molecule has 0 atom stereocenters. The summed E-state index contributed by atoms with van der Waals surface area (Å²) in [6.45, 7) is 5.38. The van der Waals surface area contributed by atoms with E-state index in [0.29, 0.717) is 5.92 Å².